The van der Waals surface area contributed by atoms with E-state index in [1.54, 1.807) is 0 Å². The molecule has 1 atom stereocenters. The summed E-state index contributed by atoms with van der Waals surface area (Å²) in [5, 5.41) is 29.0. The third-order valence-corrected chi connectivity index (χ3v) is 3.63. The Morgan fingerprint density at radius 3 is 2.23 bits per heavy atom. The van der Waals surface area contributed by atoms with Gasteiger partial charge in [-0.2, -0.15) is 0 Å². The number of hydrogen-bond donors (Lipinski definition) is 2. The molecular weight excluding hydrogens is 297 g/mol. The molecule has 7 heteroatoms. The monoisotopic (exact) mass is 324 g/mol. The van der Waals surface area contributed by atoms with Gasteiger partial charge in [0, 0.05) is 12.4 Å². The summed E-state index contributed by atoms with van der Waals surface area (Å²) in [6.45, 7) is 2.77. The Hall–Kier alpha value is -0.400. The van der Waals surface area contributed by atoms with Crippen LogP contribution in [0.4, 0.5) is 0 Å². The predicted molar refractivity (Wildman–Crippen MR) is 77.1 cm³/mol. The summed E-state index contributed by atoms with van der Waals surface area (Å²) in [4.78, 5) is 21.3. The van der Waals surface area contributed by atoms with Gasteiger partial charge in [0.1, 0.15) is 0 Å². The second kappa shape index (κ2) is 14.2. The number of aliphatic hydroxyl groups excluding tert-OH is 1. The van der Waals surface area contributed by atoms with Crippen molar-refractivity contribution in [2.45, 2.75) is 45.4 Å². The van der Waals surface area contributed by atoms with E-state index < -0.39 is 11.9 Å². The summed E-state index contributed by atoms with van der Waals surface area (Å²) >= 11 is 0. The first kappa shape index (κ1) is 23.9. The molecule has 0 aromatic carbocycles. The Labute approximate surface area is 154 Å². The molecule has 0 aliphatic heterocycles. The minimum Gasteiger partial charge on any atom is -0.550 e. The summed E-state index contributed by atoms with van der Waals surface area (Å²) in [5.41, 5.74) is 0. The quantitative estimate of drug-likeness (QED) is 0.128. The van der Waals surface area contributed by atoms with E-state index in [1.165, 1.54) is 0 Å². The fourth-order valence-electron chi connectivity index (χ4n) is 2.26. The minimum absolute atomic E-state index is 0. The van der Waals surface area contributed by atoms with Gasteiger partial charge in [0.25, 0.3) is 0 Å². The summed E-state index contributed by atoms with van der Waals surface area (Å²) in [6, 6.07) is 0. The van der Waals surface area contributed by atoms with Crippen molar-refractivity contribution in [3.8, 4) is 0 Å². The maximum absolute atomic E-state index is 10.7. The largest absolute Gasteiger partial charge is 1.00 e. The maximum atomic E-state index is 10.7. The number of aliphatic carboxylic acids is 2. The van der Waals surface area contributed by atoms with Gasteiger partial charge >= 0.3 is 35.5 Å². The SMILES string of the molecule is C/C=C/CCCCC[N+](CO)(CCC(=O)[O-])CCC(=O)O.[Na+]. The molecule has 0 aliphatic rings. The van der Waals surface area contributed by atoms with Crippen LogP contribution in [0.3, 0.4) is 0 Å². The zero-order chi connectivity index (χ0) is 16.1. The number of carboxylic acids is 2. The molecule has 0 radical (unpaired) electrons. The van der Waals surface area contributed by atoms with E-state index in [-0.39, 0.29) is 66.7 Å². The number of aliphatic hydroxyl groups is 1. The summed E-state index contributed by atoms with van der Waals surface area (Å²) in [5.74, 6) is -2.11. The number of hydrogen-bond acceptors (Lipinski definition) is 4. The Bertz CT molecular complexity index is 329. The van der Waals surface area contributed by atoms with Gasteiger partial charge in [-0.05, 0) is 32.6 Å². The van der Waals surface area contributed by atoms with E-state index in [1.807, 2.05) is 13.0 Å². The van der Waals surface area contributed by atoms with Crippen molar-refractivity contribution < 1.29 is 58.9 Å². The average Bonchev–Trinajstić information content (AvgIpc) is 2.45. The number of carboxylic acid groups (broad SMARTS) is 2. The van der Waals surface area contributed by atoms with Gasteiger partial charge in [-0.15, -0.1) is 0 Å². The van der Waals surface area contributed by atoms with E-state index in [2.05, 4.69) is 6.08 Å². The normalized spacial score (nSPS) is 13.5. The van der Waals surface area contributed by atoms with Gasteiger partial charge in [0.15, 0.2) is 6.73 Å². The topological polar surface area (TPSA) is 97.7 Å². The third kappa shape index (κ3) is 12.2. The van der Waals surface area contributed by atoms with Crippen LogP contribution in [0.5, 0.6) is 0 Å². The molecule has 0 saturated carbocycles. The summed E-state index contributed by atoms with van der Waals surface area (Å²) < 4.78 is 0.115. The molecule has 0 aliphatic carbocycles. The van der Waals surface area contributed by atoms with Crippen molar-refractivity contribution in [3.05, 3.63) is 12.2 Å². The molecule has 0 bridgehead atoms. The molecule has 0 aromatic heterocycles. The molecular formula is C15H27NNaO5+. The first-order valence-electron chi connectivity index (χ1n) is 7.44. The molecule has 0 rings (SSSR count). The van der Waals surface area contributed by atoms with Crippen LogP contribution in [0.25, 0.3) is 0 Å². The van der Waals surface area contributed by atoms with Crippen molar-refractivity contribution >= 4 is 11.9 Å². The molecule has 122 valence electrons. The summed E-state index contributed by atoms with van der Waals surface area (Å²) in [7, 11) is 0. The van der Waals surface area contributed by atoms with E-state index in [0.717, 1.165) is 25.7 Å². The van der Waals surface area contributed by atoms with Crippen LogP contribution in [0.1, 0.15) is 45.4 Å². The van der Waals surface area contributed by atoms with Crippen LogP contribution in [0, 0.1) is 0 Å². The number of unbranched alkanes of at least 4 members (excludes halogenated alkanes) is 3. The van der Waals surface area contributed by atoms with Crippen molar-refractivity contribution in [2.24, 2.45) is 0 Å². The molecule has 0 saturated heterocycles. The number of carbonyl (C=O) groups is 2. The number of rotatable bonds is 13. The van der Waals surface area contributed by atoms with Crippen LogP contribution < -0.4 is 34.7 Å². The van der Waals surface area contributed by atoms with Crippen molar-refractivity contribution in [1.82, 2.24) is 0 Å². The zero-order valence-electron chi connectivity index (χ0n) is 13.8. The molecule has 1 unspecified atom stereocenters. The van der Waals surface area contributed by atoms with Crippen molar-refractivity contribution in [1.29, 1.82) is 0 Å². The molecule has 0 fully saturated rings. The first-order valence-corrected chi connectivity index (χ1v) is 7.44. The predicted octanol–water partition coefficient (Wildman–Crippen LogP) is -2.49. The van der Waals surface area contributed by atoms with E-state index in [4.69, 9.17) is 5.11 Å². The Morgan fingerprint density at radius 2 is 1.73 bits per heavy atom. The molecule has 0 amide bonds. The third-order valence-electron chi connectivity index (χ3n) is 3.63. The van der Waals surface area contributed by atoms with Crippen LogP contribution in [-0.4, -0.2) is 53.0 Å². The van der Waals surface area contributed by atoms with Gasteiger partial charge in [-0.1, -0.05) is 12.2 Å². The average molecular weight is 324 g/mol. The van der Waals surface area contributed by atoms with Gasteiger partial charge in [0.05, 0.1) is 26.1 Å². The van der Waals surface area contributed by atoms with Crippen molar-refractivity contribution in [2.75, 3.05) is 26.4 Å². The van der Waals surface area contributed by atoms with Crippen molar-refractivity contribution in [3.63, 3.8) is 0 Å². The number of allylic oxidation sites excluding steroid dienone is 2. The minimum atomic E-state index is -1.17. The Morgan fingerprint density at radius 1 is 1.09 bits per heavy atom. The van der Waals surface area contributed by atoms with Crippen LogP contribution in [0.2, 0.25) is 0 Å². The van der Waals surface area contributed by atoms with E-state index in [9.17, 15) is 19.8 Å². The maximum Gasteiger partial charge on any atom is 1.00 e. The smallest absolute Gasteiger partial charge is 0.550 e. The van der Waals surface area contributed by atoms with Gasteiger partial charge < -0.3 is 24.6 Å². The van der Waals surface area contributed by atoms with E-state index >= 15 is 0 Å². The van der Waals surface area contributed by atoms with Crippen LogP contribution in [0.15, 0.2) is 12.2 Å². The first-order chi connectivity index (χ1) is 9.95. The summed E-state index contributed by atoms with van der Waals surface area (Å²) in [6.07, 6.45) is 7.70. The number of nitrogens with zero attached hydrogens (tertiary/aromatic N) is 1. The standard InChI is InChI=1S/C15H27NO5.Na/c1-2-3-4-5-6-7-10-16(13-17,11-8-14(18)19)12-9-15(20)21;/h2-3,17H,4-13H2,1H3,(H-,18,19,20,21);/q;+1/b3-2+;. The molecule has 0 aromatic rings. The number of carbonyl (C=O) groups excluding carboxylic acids is 1. The second-order valence-corrected chi connectivity index (χ2v) is 5.34. The second-order valence-electron chi connectivity index (χ2n) is 5.34. The molecule has 0 spiro atoms. The molecule has 22 heavy (non-hydrogen) atoms. The van der Waals surface area contributed by atoms with Gasteiger partial charge in [-0.3, -0.25) is 4.79 Å². The van der Waals surface area contributed by atoms with Crippen LogP contribution >= 0.6 is 0 Å². The van der Waals surface area contributed by atoms with Crippen LogP contribution in [-0.2, 0) is 9.59 Å². The van der Waals surface area contributed by atoms with Gasteiger partial charge in [-0.25, -0.2) is 0 Å². The van der Waals surface area contributed by atoms with E-state index in [0.29, 0.717) is 6.54 Å². The Balaban J connectivity index is 0. The molecule has 2 N–H and O–H groups in total. The Kier molecular flexibility index (Phi) is 15.4. The fraction of sp³-hybridized carbons (Fsp3) is 0.733. The zero-order valence-corrected chi connectivity index (χ0v) is 15.8. The molecule has 0 heterocycles. The number of quaternary nitrogens is 1. The van der Waals surface area contributed by atoms with Gasteiger partial charge in [0.2, 0.25) is 0 Å². The molecule has 6 nitrogen and oxygen atoms in total. The fourth-order valence-corrected chi connectivity index (χ4v) is 2.26.